The van der Waals surface area contributed by atoms with Gasteiger partial charge in [-0.25, -0.2) is 0 Å². The molecule has 0 radical (unpaired) electrons. The Bertz CT molecular complexity index is 23.6. The first-order valence-electron chi connectivity index (χ1n) is 1.08. The number of halogens is 2. The van der Waals surface area contributed by atoms with Gasteiger partial charge in [0.2, 0.25) is 0 Å². The molecule has 0 saturated carbocycles. The predicted molar refractivity (Wildman–Crippen MR) is 37.1 cm³/mol. The summed E-state index contributed by atoms with van der Waals surface area (Å²) in [5.41, 5.74) is 0. The van der Waals surface area contributed by atoms with Crippen LogP contribution in [0, 0.1) is 0 Å². The fraction of sp³-hybridized carbons (Fsp3) is 1.00. The van der Waals surface area contributed by atoms with Crippen molar-refractivity contribution in [2.45, 2.75) is 0 Å². The Morgan fingerprint density at radius 2 is 1.80 bits per heavy atom. The Hall–Kier alpha value is 1.37. The van der Waals surface area contributed by atoms with E-state index in [9.17, 15) is 0 Å². The van der Waals surface area contributed by atoms with Gasteiger partial charge in [-0.05, 0) is 6.26 Å². The molecular formula is CH3BBr2S. The SMILES string of the molecule is CSB(Br)Br. The van der Waals surface area contributed by atoms with Crippen LogP contribution in [0.3, 0.4) is 0 Å². The molecule has 0 saturated heterocycles. The van der Waals surface area contributed by atoms with Gasteiger partial charge >= 0.3 is 3.64 Å². The van der Waals surface area contributed by atoms with Gasteiger partial charge in [-0.1, -0.05) is 0 Å². The Morgan fingerprint density at radius 3 is 1.80 bits per heavy atom. The summed E-state index contributed by atoms with van der Waals surface area (Å²) in [5.74, 6) is 0. The van der Waals surface area contributed by atoms with E-state index in [1.165, 1.54) is 0 Å². The van der Waals surface area contributed by atoms with Gasteiger partial charge in [-0.15, -0.1) is 31.5 Å². The van der Waals surface area contributed by atoms with E-state index >= 15 is 0 Å². The molecule has 4 heteroatoms. The minimum Gasteiger partial charge on any atom is -0.186 e. The van der Waals surface area contributed by atoms with Gasteiger partial charge in [0.05, 0.1) is 0 Å². The Labute approximate surface area is 53.0 Å². The highest BCUT2D eigenvalue weighted by atomic mass is 79.9. The van der Waals surface area contributed by atoms with Gasteiger partial charge in [0.1, 0.15) is 0 Å². The minimum absolute atomic E-state index is 0.426. The summed E-state index contributed by atoms with van der Waals surface area (Å²) in [7, 11) is 0. The summed E-state index contributed by atoms with van der Waals surface area (Å²) in [5, 5.41) is 0. The van der Waals surface area contributed by atoms with Gasteiger partial charge in [0.15, 0.2) is 0 Å². The van der Waals surface area contributed by atoms with Crippen LogP contribution in [0.25, 0.3) is 0 Å². The van der Waals surface area contributed by atoms with Crippen molar-refractivity contribution in [3.05, 3.63) is 0 Å². The first kappa shape index (κ1) is 6.37. The first-order chi connectivity index (χ1) is 2.27. The number of rotatable bonds is 1. The molecule has 0 atom stereocenters. The van der Waals surface area contributed by atoms with Crippen molar-refractivity contribution < 1.29 is 0 Å². The smallest absolute Gasteiger partial charge is 0.186 e. The van der Waals surface area contributed by atoms with Crippen LogP contribution < -0.4 is 0 Å². The summed E-state index contributed by atoms with van der Waals surface area (Å²) in [4.78, 5) is 0. The van der Waals surface area contributed by atoms with E-state index in [1.54, 1.807) is 11.6 Å². The zero-order valence-electron chi connectivity index (χ0n) is 2.74. The molecule has 0 aromatic heterocycles. The van der Waals surface area contributed by atoms with Crippen molar-refractivity contribution >= 4 is 46.8 Å². The molecule has 0 N–H and O–H groups in total. The van der Waals surface area contributed by atoms with E-state index in [1.807, 2.05) is 6.26 Å². The summed E-state index contributed by atoms with van der Waals surface area (Å²) in [6.07, 6.45) is 2.02. The molecule has 30 valence electrons. The predicted octanol–water partition coefficient (Wildman–Crippen LogP) is 2.12. The quantitative estimate of drug-likeness (QED) is 0.607. The minimum atomic E-state index is 0.426. The molecule has 0 fully saturated rings. The highest BCUT2D eigenvalue weighted by Crippen LogP contribution is 2.13. The van der Waals surface area contributed by atoms with E-state index in [0.717, 1.165) is 0 Å². The van der Waals surface area contributed by atoms with Crippen LogP contribution in [0.4, 0.5) is 0 Å². The van der Waals surface area contributed by atoms with Gasteiger partial charge < -0.3 is 0 Å². The van der Waals surface area contributed by atoms with E-state index in [0.29, 0.717) is 3.64 Å². The third-order valence-corrected chi connectivity index (χ3v) is 2.78. The van der Waals surface area contributed by atoms with Crippen molar-refractivity contribution in [1.29, 1.82) is 0 Å². The molecular weight excluding hydrogens is 215 g/mol. The average molecular weight is 218 g/mol. The summed E-state index contributed by atoms with van der Waals surface area (Å²) in [6, 6.07) is 0. The van der Waals surface area contributed by atoms with Gasteiger partial charge in [0, 0.05) is 0 Å². The average Bonchev–Trinajstić information content (AvgIpc) is 1.38. The molecule has 0 bridgehead atoms. The molecule has 0 nitrogen and oxygen atoms in total. The van der Waals surface area contributed by atoms with Crippen LogP contribution in [-0.2, 0) is 0 Å². The van der Waals surface area contributed by atoms with Gasteiger partial charge in [-0.2, -0.15) is 11.6 Å². The van der Waals surface area contributed by atoms with Crippen molar-refractivity contribution in [3.8, 4) is 0 Å². The lowest BCUT2D eigenvalue weighted by Crippen LogP contribution is -1.73. The lowest BCUT2D eigenvalue weighted by Gasteiger charge is -1.79. The first-order valence-corrected chi connectivity index (χ1v) is 4.20. The summed E-state index contributed by atoms with van der Waals surface area (Å²) in [6.45, 7) is 0. The van der Waals surface area contributed by atoms with Gasteiger partial charge in [-0.3, -0.25) is 0 Å². The Morgan fingerprint density at radius 1 is 1.60 bits per heavy atom. The van der Waals surface area contributed by atoms with Gasteiger partial charge in [0.25, 0.3) is 0 Å². The molecule has 0 aromatic carbocycles. The normalized spacial score (nSPS) is 7.80. The molecule has 0 unspecified atom stereocenters. The maximum Gasteiger partial charge on any atom is 0.359 e. The van der Waals surface area contributed by atoms with Crippen LogP contribution in [0.5, 0.6) is 0 Å². The van der Waals surface area contributed by atoms with E-state index in [-0.39, 0.29) is 0 Å². The third-order valence-electron chi connectivity index (χ3n) is 0.178. The summed E-state index contributed by atoms with van der Waals surface area (Å²) >= 11 is 8.22. The standard InChI is InChI=1S/CH3BBr2S/c1-5-2(3)4/h1H3. The molecule has 5 heavy (non-hydrogen) atoms. The summed E-state index contributed by atoms with van der Waals surface area (Å²) < 4.78 is 0.426. The fourth-order valence-corrected chi connectivity index (χ4v) is 0. The van der Waals surface area contributed by atoms with Crippen LogP contribution >= 0.6 is 43.1 Å². The molecule has 0 aliphatic carbocycles. The lowest BCUT2D eigenvalue weighted by molar-refractivity contribution is 2.54. The van der Waals surface area contributed by atoms with E-state index in [2.05, 4.69) is 31.5 Å². The topological polar surface area (TPSA) is 0 Å². The molecule has 0 aromatic rings. The van der Waals surface area contributed by atoms with Crippen molar-refractivity contribution in [3.63, 3.8) is 0 Å². The zero-order chi connectivity index (χ0) is 4.28. The Balaban J connectivity index is 2.54. The number of hydrogen-bond donors (Lipinski definition) is 0. The monoisotopic (exact) mass is 216 g/mol. The zero-order valence-corrected chi connectivity index (χ0v) is 6.73. The highest BCUT2D eigenvalue weighted by Gasteiger charge is 1.94. The number of hydrogen-bond acceptors (Lipinski definition) is 1. The molecule has 0 amide bonds. The van der Waals surface area contributed by atoms with E-state index in [4.69, 9.17) is 0 Å². The second-order valence-electron chi connectivity index (χ2n) is 0.496. The molecule has 0 heterocycles. The fourth-order valence-electron chi connectivity index (χ4n) is 0. The maximum absolute atomic E-state index is 3.25. The van der Waals surface area contributed by atoms with E-state index < -0.39 is 0 Å². The Kier molecular flexibility index (Phi) is 4.54. The molecule has 0 aliphatic rings. The van der Waals surface area contributed by atoms with Crippen LogP contribution in [0.1, 0.15) is 0 Å². The molecule has 0 rings (SSSR count). The highest BCUT2D eigenvalue weighted by molar-refractivity contribution is 9.55. The second kappa shape index (κ2) is 3.56. The largest absolute Gasteiger partial charge is 0.359 e. The molecule has 0 aliphatic heterocycles. The van der Waals surface area contributed by atoms with Crippen LogP contribution in [0.15, 0.2) is 0 Å². The van der Waals surface area contributed by atoms with Crippen molar-refractivity contribution in [2.75, 3.05) is 6.26 Å². The maximum atomic E-state index is 3.25. The van der Waals surface area contributed by atoms with Crippen LogP contribution in [-0.4, -0.2) is 9.90 Å². The second-order valence-corrected chi connectivity index (χ2v) is 5.71. The molecule has 0 spiro atoms. The van der Waals surface area contributed by atoms with Crippen molar-refractivity contribution in [1.82, 2.24) is 0 Å². The van der Waals surface area contributed by atoms with Crippen molar-refractivity contribution in [2.24, 2.45) is 0 Å². The lowest BCUT2D eigenvalue weighted by atomic mass is 10.7. The third kappa shape index (κ3) is 5.37. The van der Waals surface area contributed by atoms with Crippen LogP contribution in [0.2, 0.25) is 0 Å².